The van der Waals surface area contributed by atoms with Gasteiger partial charge in [-0.15, -0.1) is 0 Å². The fourth-order valence-electron chi connectivity index (χ4n) is 3.46. The van der Waals surface area contributed by atoms with Gasteiger partial charge < -0.3 is 4.43 Å². The van der Waals surface area contributed by atoms with Crippen molar-refractivity contribution in [3.05, 3.63) is 72.3 Å². The van der Waals surface area contributed by atoms with E-state index >= 15 is 0 Å². The Hall–Kier alpha value is -1.64. The molecule has 0 bridgehead atoms. The highest BCUT2D eigenvalue weighted by Crippen LogP contribution is 2.36. The van der Waals surface area contributed by atoms with Gasteiger partial charge >= 0.3 is 0 Å². The maximum absolute atomic E-state index is 6.86. The van der Waals surface area contributed by atoms with Gasteiger partial charge in [0, 0.05) is 6.61 Å². The molecule has 0 amide bonds. The first-order chi connectivity index (χ1) is 11.9. The predicted octanol–water partition coefficient (Wildman–Crippen LogP) is 5.31. The van der Waals surface area contributed by atoms with E-state index in [-0.39, 0.29) is 5.04 Å². The largest absolute Gasteiger partial charge is 0.407 e. The fraction of sp³-hybridized carbons (Fsp3) is 0.391. The van der Waals surface area contributed by atoms with Gasteiger partial charge in [0.05, 0.1) is 0 Å². The van der Waals surface area contributed by atoms with E-state index in [1.165, 1.54) is 15.9 Å². The summed E-state index contributed by atoms with van der Waals surface area (Å²) in [5.74, 6) is 0. The van der Waals surface area contributed by atoms with E-state index in [1.54, 1.807) is 0 Å². The van der Waals surface area contributed by atoms with Crippen LogP contribution in [0.25, 0.3) is 0 Å². The van der Waals surface area contributed by atoms with Gasteiger partial charge in [-0.25, -0.2) is 0 Å². The highest BCUT2D eigenvalue weighted by molar-refractivity contribution is 6.99. The van der Waals surface area contributed by atoms with Crippen LogP contribution in [0.2, 0.25) is 5.04 Å². The monoisotopic (exact) mass is 352 g/mol. The van der Waals surface area contributed by atoms with Crippen molar-refractivity contribution in [1.82, 2.24) is 0 Å². The molecule has 0 aliphatic heterocycles. The van der Waals surface area contributed by atoms with Crippen LogP contribution in [-0.4, -0.2) is 14.9 Å². The number of allylic oxidation sites excluding steroid dienone is 2. The number of hydrogen-bond donors (Lipinski definition) is 0. The molecule has 0 fully saturated rings. The summed E-state index contributed by atoms with van der Waals surface area (Å²) in [6.45, 7) is 12.1. The Balaban J connectivity index is 2.41. The Labute approximate surface area is 154 Å². The van der Waals surface area contributed by atoms with E-state index in [4.69, 9.17) is 4.43 Å². The van der Waals surface area contributed by atoms with Crippen molar-refractivity contribution in [1.29, 1.82) is 0 Å². The molecule has 25 heavy (non-hydrogen) atoms. The molecular formula is C23H32OSi. The van der Waals surface area contributed by atoms with E-state index in [0.717, 1.165) is 19.4 Å². The molecule has 134 valence electrons. The zero-order valence-electron chi connectivity index (χ0n) is 16.4. The zero-order valence-corrected chi connectivity index (χ0v) is 17.4. The molecule has 0 aromatic heterocycles. The molecule has 2 rings (SSSR count). The maximum atomic E-state index is 6.86. The quantitative estimate of drug-likeness (QED) is 0.373. The summed E-state index contributed by atoms with van der Waals surface area (Å²) in [5, 5.41) is 2.78. The smallest absolute Gasteiger partial charge is 0.261 e. The van der Waals surface area contributed by atoms with Crippen LogP contribution < -0.4 is 10.4 Å². The third kappa shape index (κ3) is 4.71. The molecule has 2 aromatic carbocycles. The zero-order chi connectivity index (χ0) is 18.3. The number of hydrogen-bond acceptors (Lipinski definition) is 1. The van der Waals surface area contributed by atoms with Crippen LogP contribution in [0.4, 0.5) is 0 Å². The second-order valence-corrected chi connectivity index (χ2v) is 12.2. The first-order valence-electron chi connectivity index (χ1n) is 9.26. The molecule has 2 heteroatoms. The van der Waals surface area contributed by atoms with Crippen LogP contribution in [0, 0.1) is 0 Å². The standard InChI is InChI=1S/C23H32OSi/c1-20(2)14-12-13-19-24-25(23(3,4)5,21-15-8-6-9-16-21)22-17-10-7-11-18-22/h6-11,14-18H,12-13,19H2,1-5H3. The summed E-state index contributed by atoms with van der Waals surface area (Å²) in [7, 11) is -2.35. The maximum Gasteiger partial charge on any atom is 0.261 e. The Bertz CT molecular complexity index is 625. The Morgan fingerprint density at radius 3 is 1.76 bits per heavy atom. The molecule has 1 nitrogen and oxygen atoms in total. The first kappa shape index (κ1) is 19.7. The van der Waals surface area contributed by atoms with E-state index < -0.39 is 8.32 Å². The van der Waals surface area contributed by atoms with Gasteiger partial charge in [-0.1, -0.05) is 93.1 Å². The minimum Gasteiger partial charge on any atom is -0.407 e. The highest BCUT2D eigenvalue weighted by Gasteiger charge is 2.49. The van der Waals surface area contributed by atoms with Crippen LogP contribution in [0.5, 0.6) is 0 Å². The van der Waals surface area contributed by atoms with Crippen molar-refractivity contribution in [2.45, 2.75) is 52.5 Å². The molecule has 0 aliphatic rings. The molecule has 0 saturated carbocycles. The van der Waals surface area contributed by atoms with Crippen LogP contribution in [-0.2, 0) is 4.43 Å². The molecule has 0 aliphatic carbocycles. The lowest BCUT2D eigenvalue weighted by atomic mass is 10.2. The first-order valence-corrected chi connectivity index (χ1v) is 11.2. The minimum absolute atomic E-state index is 0.0617. The lowest BCUT2D eigenvalue weighted by Gasteiger charge is -2.43. The van der Waals surface area contributed by atoms with Gasteiger partial charge in [0.1, 0.15) is 0 Å². The fourth-order valence-corrected chi connectivity index (χ4v) is 8.07. The SMILES string of the molecule is CC(C)=CCCCO[Si](c1ccccc1)(c1ccccc1)C(C)(C)C. The molecule has 0 spiro atoms. The molecule has 0 atom stereocenters. The van der Waals surface area contributed by atoms with E-state index in [9.17, 15) is 0 Å². The van der Waals surface area contributed by atoms with Gasteiger partial charge in [-0.05, 0) is 42.1 Å². The average Bonchev–Trinajstić information content (AvgIpc) is 2.58. The van der Waals surface area contributed by atoms with Gasteiger partial charge in [0.25, 0.3) is 8.32 Å². The van der Waals surface area contributed by atoms with Crippen molar-refractivity contribution < 1.29 is 4.43 Å². The molecule has 2 aromatic rings. The summed E-state index contributed by atoms with van der Waals surface area (Å²) < 4.78 is 6.86. The van der Waals surface area contributed by atoms with E-state index in [0.29, 0.717) is 0 Å². The van der Waals surface area contributed by atoms with Crippen molar-refractivity contribution in [2.75, 3.05) is 6.61 Å². The number of benzene rings is 2. The van der Waals surface area contributed by atoms with Crippen LogP contribution in [0.1, 0.15) is 47.5 Å². The second-order valence-electron chi connectivity index (χ2n) is 7.94. The van der Waals surface area contributed by atoms with Gasteiger partial charge in [-0.2, -0.15) is 0 Å². The molecular weight excluding hydrogens is 320 g/mol. The number of unbranched alkanes of at least 4 members (excludes halogenated alkanes) is 1. The van der Waals surface area contributed by atoms with Gasteiger partial charge in [-0.3, -0.25) is 0 Å². The minimum atomic E-state index is -2.35. The Morgan fingerprint density at radius 1 is 0.880 bits per heavy atom. The van der Waals surface area contributed by atoms with E-state index in [1.807, 2.05) is 0 Å². The van der Waals surface area contributed by atoms with Gasteiger partial charge in [0.2, 0.25) is 0 Å². The summed E-state index contributed by atoms with van der Waals surface area (Å²) in [5.41, 5.74) is 1.38. The molecule has 0 unspecified atom stereocenters. The Morgan fingerprint density at radius 2 is 1.36 bits per heavy atom. The summed E-state index contributed by atoms with van der Waals surface area (Å²) in [6, 6.07) is 21.7. The lowest BCUT2D eigenvalue weighted by molar-refractivity contribution is 0.293. The number of rotatable bonds is 7. The second kappa shape index (κ2) is 8.64. The Kier molecular flexibility index (Phi) is 6.80. The van der Waals surface area contributed by atoms with Crippen molar-refractivity contribution >= 4 is 18.7 Å². The summed E-state index contributed by atoms with van der Waals surface area (Å²) in [4.78, 5) is 0. The third-order valence-electron chi connectivity index (χ3n) is 4.64. The van der Waals surface area contributed by atoms with Crippen LogP contribution in [0.15, 0.2) is 72.3 Å². The van der Waals surface area contributed by atoms with Gasteiger partial charge in [0.15, 0.2) is 0 Å². The molecule has 0 N–H and O–H groups in total. The third-order valence-corrected chi connectivity index (χ3v) is 9.68. The van der Waals surface area contributed by atoms with E-state index in [2.05, 4.69) is 101 Å². The predicted molar refractivity (Wildman–Crippen MR) is 112 cm³/mol. The van der Waals surface area contributed by atoms with Crippen LogP contribution >= 0.6 is 0 Å². The summed E-state index contributed by atoms with van der Waals surface area (Å²) >= 11 is 0. The average molecular weight is 353 g/mol. The van der Waals surface area contributed by atoms with Crippen molar-refractivity contribution in [3.8, 4) is 0 Å². The topological polar surface area (TPSA) is 9.23 Å². The molecule has 0 saturated heterocycles. The summed E-state index contributed by atoms with van der Waals surface area (Å²) in [6.07, 6.45) is 4.45. The lowest BCUT2D eigenvalue weighted by Crippen LogP contribution is -2.66. The highest BCUT2D eigenvalue weighted by atomic mass is 28.4. The molecule has 0 heterocycles. The van der Waals surface area contributed by atoms with Crippen molar-refractivity contribution in [2.24, 2.45) is 0 Å². The molecule has 0 radical (unpaired) electrons. The normalized spacial score (nSPS) is 12.0. The van der Waals surface area contributed by atoms with Crippen LogP contribution in [0.3, 0.4) is 0 Å². The van der Waals surface area contributed by atoms with Crippen molar-refractivity contribution in [3.63, 3.8) is 0 Å².